The van der Waals surface area contributed by atoms with Crippen molar-refractivity contribution >= 4 is 0 Å². The van der Waals surface area contributed by atoms with Crippen LogP contribution in [0.25, 0.3) is 0 Å². The largest absolute Gasteiger partial charge is 0.352 e. The fourth-order valence-corrected chi connectivity index (χ4v) is 1.65. The molecule has 0 radical (unpaired) electrons. The summed E-state index contributed by atoms with van der Waals surface area (Å²) in [6, 6.07) is 0. The lowest BCUT2D eigenvalue weighted by atomic mass is 9.90. The topological polar surface area (TPSA) is 12.5 Å². The van der Waals surface area contributed by atoms with Gasteiger partial charge in [-0.2, -0.15) is 0 Å². The highest BCUT2D eigenvalue weighted by Gasteiger charge is 2.55. The fourth-order valence-electron chi connectivity index (χ4n) is 1.65. The molecular weight excluding hydrogens is 112 g/mol. The summed E-state index contributed by atoms with van der Waals surface area (Å²) in [5.74, 6) is 2.73. The van der Waals surface area contributed by atoms with E-state index in [0.717, 1.165) is 6.42 Å². The lowest BCUT2D eigenvalue weighted by Gasteiger charge is -2.09. The van der Waals surface area contributed by atoms with Crippen molar-refractivity contribution in [2.45, 2.75) is 37.4 Å². The van der Waals surface area contributed by atoms with Gasteiger partial charge >= 0.3 is 0 Å². The highest BCUT2D eigenvalue weighted by atomic mass is 16.6. The van der Waals surface area contributed by atoms with Crippen LogP contribution in [0.2, 0.25) is 0 Å². The number of terminal acetylenes is 1. The van der Waals surface area contributed by atoms with Crippen molar-refractivity contribution in [2.75, 3.05) is 0 Å². The minimum Gasteiger partial charge on any atom is -0.352 e. The Labute approximate surface area is 55.4 Å². The van der Waals surface area contributed by atoms with E-state index in [9.17, 15) is 0 Å². The van der Waals surface area contributed by atoms with E-state index in [1.807, 2.05) is 0 Å². The minimum atomic E-state index is -0.0851. The van der Waals surface area contributed by atoms with Crippen LogP contribution in [-0.2, 0) is 4.74 Å². The van der Waals surface area contributed by atoms with E-state index in [1.54, 1.807) is 0 Å². The SMILES string of the molecule is C#CC12CCCCC1O2. The van der Waals surface area contributed by atoms with Crippen LogP contribution < -0.4 is 0 Å². The Morgan fingerprint density at radius 3 is 3.00 bits per heavy atom. The number of hydrogen-bond donors (Lipinski definition) is 0. The number of ether oxygens (including phenoxy) is 1. The van der Waals surface area contributed by atoms with Crippen molar-refractivity contribution in [3.05, 3.63) is 0 Å². The number of epoxide rings is 1. The predicted molar refractivity (Wildman–Crippen MR) is 34.9 cm³/mol. The molecule has 1 saturated heterocycles. The first-order valence-corrected chi connectivity index (χ1v) is 3.53. The van der Waals surface area contributed by atoms with Crippen LogP contribution in [0.5, 0.6) is 0 Å². The van der Waals surface area contributed by atoms with E-state index in [1.165, 1.54) is 19.3 Å². The molecule has 9 heavy (non-hydrogen) atoms. The average Bonchev–Trinajstić information content (AvgIpc) is 2.62. The molecule has 1 heteroatoms. The summed E-state index contributed by atoms with van der Waals surface area (Å²) in [7, 11) is 0. The van der Waals surface area contributed by atoms with E-state index in [0.29, 0.717) is 6.10 Å². The first-order valence-electron chi connectivity index (χ1n) is 3.53. The Morgan fingerprint density at radius 1 is 1.56 bits per heavy atom. The van der Waals surface area contributed by atoms with Crippen LogP contribution in [0.15, 0.2) is 0 Å². The molecule has 48 valence electrons. The molecule has 0 bridgehead atoms. The third kappa shape index (κ3) is 0.601. The Hall–Kier alpha value is -0.480. The van der Waals surface area contributed by atoms with E-state index >= 15 is 0 Å². The summed E-state index contributed by atoms with van der Waals surface area (Å²) >= 11 is 0. The van der Waals surface area contributed by atoms with Gasteiger partial charge in [0.2, 0.25) is 0 Å². The van der Waals surface area contributed by atoms with E-state index in [-0.39, 0.29) is 5.60 Å². The molecule has 1 nitrogen and oxygen atoms in total. The van der Waals surface area contributed by atoms with Crippen molar-refractivity contribution in [1.29, 1.82) is 0 Å². The van der Waals surface area contributed by atoms with Crippen molar-refractivity contribution < 1.29 is 4.74 Å². The first-order chi connectivity index (χ1) is 4.37. The molecule has 2 rings (SSSR count). The van der Waals surface area contributed by atoms with Crippen LogP contribution in [0, 0.1) is 12.3 Å². The number of hydrogen-bond acceptors (Lipinski definition) is 1. The molecule has 2 unspecified atom stereocenters. The number of rotatable bonds is 0. The van der Waals surface area contributed by atoms with Gasteiger partial charge in [0, 0.05) is 0 Å². The molecule has 0 aromatic heterocycles. The lowest BCUT2D eigenvalue weighted by Crippen LogP contribution is -2.16. The van der Waals surface area contributed by atoms with Gasteiger partial charge in [0.05, 0.1) is 6.10 Å². The van der Waals surface area contributed by atoms with E-state index < -0.39 is 0 Å². The monoisotopic (exact) mass is 122 g/mol. The molecular formula is C8H10O. The normalized spacial score (nSPS) is 47.2. The van der Waals surface area contributed by atoms with Crippen LogP contribution in [0.3, 0.4) is 0 Å². The van der Waals surface area contributed by atoms with Gasteiger partial charge in [0.25, 0.3) is 0 Å². The van der Waals surface area contributed by atoms with E-state index in [4.69, 9.17) is 11.2 Å². The fraction of sp³-hybridized carbons (Fsp3) is 0.750. The van der Waals surface area contributed by atoms with Crippen LogP contribution in [0.1, 0.15) is 25.7 Å². The van der Waals surface area contributed by atoms with Crippen molar-refractivity contribution in [3.63, 3.8) is 0 Å². The highest BCUT2D eigenvalue weighted by Crippen LogP contribution is 2.46. The molecule has 0 N–H and O–H groups in total. The van der Waals surface area contributed by atoms with Gasteiger partial charge in [0.1, 0.15) is 0 Å². The van der Waals surface area contributed by atoms with Crippen LogP contribution in [0.4, 0.5) is 0 Å². The molecule has 2 aliphatic rings. The molecule has 1 heterocycles. The Kier molecular flexibility index (Phi) is 0.896. The summed E-state index contributed by atoms with van der Waals surface area (Å²) in [5.41, 5.74) is -0.0851. The zero-order chi connectivity index (χ0) is 6.32. The minimum absolute atomic E-state index is 0.0851. The molecule has 1 aliphatic carbocycles. The average molecular weight is 122 g/mol. The Balaban J connectivity index is 2.11. The van der Waals surface area contributed by atoms with Gasteiger partial charge in [-0.1, -0.05) is 12.3 Å². The third-order valence-corrected chi connectivity index (χ3v) is 2.32. The maximum Gasteiger partial charge on any atom is 0.154 e. The van der Waals surface area contributed by atoms with Crippen LogP contribution in [-0.4, -0.2) is 11.7 Å². The smallest absolute Gasteiger partial charge is 0.154 e. The van der Waals surface area contributed by atoms with Crippen molar-refractivity contribution in [2.24, 2.45) is 0 Å². The summed E-state index contributed by atoms with van der Waals surface area (Å²) < 4.78 is 5.38. The van der Waals surface area contributed by atoms with Crippen molar-refractivity contribution in [1.82, 2.24) is 0 Å². The summed E-state index contributed by atoms with van der Waals surface area (Å²) in [6.45, 7) is 0. The number of fused-ring (bicyclic) bond motifs is 1. The second-order valence-corrected chi connectivity index (χ2v) is 2.89. The van der Waals surface area contributed by atoms with Gasteiger partial charge in [0.15, 0.2) is 5.60 Å². The predicted octanol–water partition coefficient (Wildman–Crippen LogP) is 1.33. The molecule has 1 saturated carbocycles. The molecule has 2 atom stereocenters. The lowest BCUT2D eigenvalue weighted by molar-refractivity contribution is 0.336. The van der Waals surface area contributed by atoms with Gasteiger partial charge in [-0.25, -0.2) is 0 Å². The molecule has 0 aromatic carbocycles. The first kappa shape index (κ1) is 5.32. The second-order valence-electron chi connectivity index (χ2n) is 2.89. The highest BCUT2D eigenvalue weighted by molar-refractivity contribution is 5.23. The molecule has 1 aliphatic heterocycles. The molecule has 0 amide bonds. The van der Waals surface area contributed by atoms with Gasteiger partial charge in [-0.3, -0.25) is 0 Å². The summed E-state index contributed by atoms with van der Waals surface area (Å²) in [5, 5.41) is 0. The van der Waals surface area contributed by atoms with E-state index in [2.05, 4.69) is 5.92 Å². The maximum atomic E-state index is 5.38. The molecule has 2 fully saturated rings. The zero-order valence-corrected chi connectivity index (χ0v) is 5.39. The molecule has 0 aromatic rings. The zero-order valence-electron chi connectivity index (χ0n) is 5.39. The molecule has 0 spiro atoms. The van der Waals surface area contributed by atoms with Crippen LogP contribution >= 0.6 is 0 Å². The summed E-state index contributed by atoms with van der Waals surface area (Å²) in [6.07, 6.45) is 10.6. The third-order valence-electron chi connectivity index (χ3n) is 2.32. The van der Waals surface area contributed by atoms with Gasteiger partial charge < -0.3 is 4.74 Å². The second kappa shape index (κ2) is 1.52. The van der Waals surface area contributed by atoms with Gasteiger partial charge in [-0.15, -0.1) is 6.42 Å². The summed E-state index contributed by atoms with van der Waals surface area (Å²) in [4.78, 5) is 0. The van der Waals surface area contributed by atoms with Crippen molar-refractivity contribution in [3.8, 4) is 12.3 Å². The standard InChI is InChI=1S/C8H10O/c1-2-8-6-4-3-5-7(8)9-8/h1,7H,3-6H2. The Bertz CT molecular complexity index is 168. The Morgan fingerprint density at radius 2 is 2.44 bits per heavy atom. The quantitative estimate of drug-likeness (QED) is 0.349. The van der Waals surface area contributed by atoms with Gasteiger partial charge in [-0.05, 0) is 19.3 Å². The maximum absolute atomic E-state index is 5.38.